The van der Waals surface area contributed by atoms with Crippen LogP contribution in [0.4, 0.5) is 0 Å². The average molecular weight is 266 g/mol. The van der Waals surface area contributed by atoms with Crippen molar-refractivity contribution in [3.05, 3.63) is 17.4 Å². The number of rotatable bonds is 4. The maximum Gasteiger partial charge on any atom is 0.372 e. The Kier molecular flexibility index (Phi) is 3.25. The molecule has 2 aromatic rings. The van der Waals surface area contributed by atoms with E-state index in [0.29, 0.717) is 33.8 Å². The monoisotopic (exact) mass is 266 g/mol. The van der Waals surface area contributed by atoms with Crippen LogP contribution >= 0.6 is 0 Å². The van der Waals surface area contributed by atoms with Crippen molar-refractivity contribution in [2.75, 3.05) is 21.3 Å². The molecule has 0 fully saturated rings. The number of aromatic carboxylic acids is 1. The number of carboxylic acid groups (broad SMARTS) is 1. The second-order valence-electron chi connectivity index (χ2n) is 3.88. The highest BCUT2D eigenvalue weighted by molar-refractivity contribution is 5.99. The molecule has 1 aromatic heterocycles. The first kappa shape index (κ1) is 13.1. The second-order valence-corrected chi connectivity index (χ2v) is 3.88. The highest BCUT2D eigenvalue weighted by Crippen LogP contribution is 2.46. The molecule has 0 aliphatic rings. The number of hydrogen-bond donors (Lipinski definition) is 1. The van der Waals surface area contributed by atoms with Crippen LogP contribution in [0.25, 0.3) is 11.0 Å². The summed E-state index contributed by atoms with van der Waals surface area (Å²) in [5, 5.41) is 9.65. The number of ether oxygens (including phenoxy) is 3. The Labute approximate surface area is 109 Å². The van der Waals surface area contributed by atoms with Crippen molar-refractivity contribution in [3.63, 3.8) is 0 Å². The topological polar surface area (TPSA) is 78.1 Å². The van der Waals surface area contributed by atoms with Crippen molar-refractivity contribution in [2.45, 2.75) is 6.92 Å². The smallest absolute Gasteiger partial charge is 0.372 e. The molecule has 0 saturated heterocycles. The van der Waals surface area contributed by atoms with E-state index in [1.807, 2.05) is 0 Å². The fourth-order valence-corrected chi connectivity index (χ4v) is 2.07. The van der Waals surface area contributed by atoms with Gasteiger partial charge >= 0.3 is 5.97 Å². The van der Waals surface area contributed by atoms with Crippen LogP contribution in [-0.4, -0.2) is 32.4 Å². The van der Waals surface area contributed by atoms with Crippen LogP contribution in [0.3, 0.4) is 0 Å². The summed E-state index contributed by atoms with van der Waals surface area (Å²) in [4.78, 5) is 11.1. The third kappa shape index (κ3) is 1.85. The van der Waals surface area contributed by atoms with Crippen molar-refractivity contribution in [2.24, 2.45) is 0 Å². The molecule has 2 rings (SSSR count). The molecule has 19 heavy (non-hydrogen) atoms. The first-order valence-corrected chi connectivity index (χ1v) is 5.50. The largest absolute Gasteiger partial charge is 0.493 e. The summed E-state index contributed by atoms with van der Waals surface area (Å²) >= 11 is 0. The summed E-state index contributed by atoms with van der Waals surface area (Å²) in [5.74, 6) is -0.0428. The zero-order chi connectivity index (χ0) is 14.2. The van der Waals surface area contributed by atoms with Gasteiger partial charge in [-0.1, -0.05) is 0 Å². The molecule has 0 atom stereocenters. The number of carbonyl (C=O) groups is 1. The molecule has 0 radical (unpaired) electrons. The standard InChI is InChI=1S/C13H14O6/c1-6-9-7(19-10(6)13(14)15)5-8(16-2)11(17-3)12(9)18-4/h5H,1-4H3,(H,14,15). The Hall–Kier alpha value is -2.37. The molecule has 0 aliphatic heterocycles. The third-order valence-electron chi connectivity index (χ3n) is 2.92. The van der Waals surface area contributed by atoms with Gasteiger partial charge < -0.3 is 23.7 Å². The summed E-state index contributed by atoms with van der Waals surface area (Å²) < 4.78 is 21.1. The van der Waals surface area contributed by atoms with Gasteiger partial charge in [0, 0.05) is 11.6 Å². The molecule has 0 spiro atoms. The van der Waals surface area contributed by atoms with E-state index in [9.17, 15) is 4.79 Å². The average Bonchev–Trinajstić information content (AvgIpc) is 2.73. The Bertz CT molecular complexity index is 640. The Balaban J connectivity index is 2.90. The van der Waals surface area contributed by atoms with Gasteiger partial charge in [-0.05, 0) is 6.92 Å². The van der Waals surface area contributed by atoms with Crippen molar-refractivity contribution >= 4 is 16.9 Å². The molecule has 1 N–H and O–H groups in total. The van der Waals surface area contributed by atoms with Crippen LogP contribution in [0.15, 0.2) is 10.5 Å². The summed E-state index contributed by atoms with van der Waals surface area (Å²) in [6, 6.07) is 1.58. The lowest BCUT2D eigenvalue weighted by Crippen LogP contribution is -1.97. The molecule has 0 unspecified atom stereocenters. The minimum Gasteiger partial charge on any atom is -0.493 e. The summed E-state index contributed by atoms with van der Waals surface area (Å²) in [6.07, 6.45) is 0. The van der Waals surface area contributed by atoms with Crippen LogP contribution in [-0.2, 0) is 0 Å². The van der Waals surface area contributed by atoms with E-state index in [-0.39, 0.29) is 5.76 Å². The SMILES string of the molecule is COc1cc2oc(C(=O)O)c(C)c2c(OC)c1OC. The molecular weight excluding hydrogens is 252 g/mol. The second kappa shape index (κ2) is 4.72. The van der Waals surface area contributed by atoms with E-state index >= 15 is 0 Å². The van der Waals surface area contributed by atoms with Gasteiger partial charge in [0.25, 0.3) is 0 Å². The third-order valence-corrected chi connectivity index (χ3v) is 2.92. The molecular formula is C13H14O6. The predicted molar refractivity (Wildman–Crippen MR) is 67.6 cm³/mol. The molecule has 0 amide bonds. The number of aryl methyl sites for hydroxylation is 1. The van der Waals surface area contributed by atoms with Crippen LogP contribution in [0.1, 0.15) is 16.1 Å². The maximum absolute atomic E-state index is 11.1. The summed E-state index contributed by atoms with van der Waals surface area (Å²) in [7, 11) is 4.44. The van der Waals surface area contributed by atoms with E-state index < -0.39 is 5.97 Å². The van der Waals surface area contributed by atoms with E-state index in [1.165, 1.54) is 21.3 Å². The number of hydrogen-bond acceptors (Lipinski definition) is 5. The highest BCUT2D eigenvalue weighted by Gasteiger charge is 2.24. The molecule has 102 valence electrons. The summed E-state index contributed by atoms with van der Waals surface area (Å²) in [5.41, 5.74) is 0.865. The van der Waals surface area contributed by atoms with Crippen LogP contribution in [0.5, 0.6) is 17.2 Å². The number of carboxylic acids is 1. The predicted octanol–water partition coefficient (Wildman–Crippen LogP) is 2.47. The molecule has 0 aliphatic carbocycles. The highest BCUT2D eigenvalue weighted by atomic mass is 16.5. The molecule has 6 nitrogen and oxygen atoms in total. The van der Waals surface area contributed by atoms with Crippen molar-refractivity contribution < 1.29 is 28.5 Å². The number of methoxy groups -OCH3 is 3. The lowest BCUT2D eigenvalue weighted by molar-refractivity contribution is 0.0664. The minimum atomic E-state index is -1.13. The fraction of sp³-hybridized carbons (Fsp3) is 0.308. The lowest BCUT2D eigenvalue weighted by atomic mass is 10.1. The Morgan fingerprint density at radius 3 is 2.26 bits per heavy atom. The van der Waals surface area contributed by atoms with E-state index in [1.54, 1.807) is 13.0 Å². The molecule has 6 heteroatoms. The number of furan rings is 1. The molecule has 0 saturated carbocycles. The quantitative estimate of drug-likeness (QED) is 0.915. The van der Waals surface area contributed by atoms with Gasteiger partial charge in [-0.15, -0.1) is 0 Å². The van der Waals surface area contributed by atoms with Gasteiger partial charge in [-0.25, -0.2) is 4.79 Å². The van der Waals surface area contributed by atoms with Crippen LogP contribution in [0.2, 0.25) is 0 Å². The summed E-state index contributed by atoms with van der Waals surface area (Å²) in [6.45, 7) is 1.66. The molecule has 0 bridgehead atoms. The van der Waals surface area contributed by atoms with Gasteiger partial charge in [0.1, 0.15) is 5.58 Å². The Morgan fingerprint density at radius 2 is 1.79 bits per heavy atom. The maximum atomic E-state index is 11.1. The van der Waals surface area contributed by atoms with Gasteiger partial charge in [0.05, 0.1) is 26.7 Å². The zero-order valence-corrected chi connectivity index (χ0v) is 11.1. The fourth-order valence-electron chi connectivity index (χ4n) is 2.07. The zero-order valence-electron chi connectivity index (χ0n) is 11.1. The van der Waals surface area contributed by atoms with Gasteiger partial charge in [-0.2, -0.15) is 0 Å². The number of fused-ring (bicyclic) bond motifs is 1. The molecule has 1 aromatic carbocycles. The van der Waals surface area contributed by atoms with Gasteiger partial charge in [0.15, 0.2) is 11.5 Å². The van der Waals surface area contributed by atoms with E-state index in [4.69, 9.17) is 23.7 Å². The first-order valence-electron chi connectivity index (χ1n) is 5.50. The van der Waals surface area contributed by atoms with Crippen molar-refractivity contribution in [3.8, 4) is 17.2 Å². The normalized spacial score (nSPS) is 10.5. The van der Waals surface area contributed by atoms with Crippen LogP contribution < -0.4 is 14.2 Å². The van der Waals surface area contributed by atoms with Gasteiger partial charge in [-0.3, -0.25) is 0 Å². The van der Waals surface area contributed by atoms with E-state index in [0.717, 1.165) is 0 Å². The van der Waals surface area contributed by atoms with Gasteiger partial charge in [0.2, 0.25) is 11.5 Å². The minimum absolute atomic E-state index is 0.122. The van der Waals surface area contributed by atoms with E-state index in [2.05, 4.69) is 0 Å². The van der Waals surface area contributed by atoms with Crippen molar-refractivity contribution in [1.29, 1.82) is 0 Å². The first-order chi connectivity index (χ1) is 9.04. The van der Waals surface area contributed by atoms with Crippen LogP contribution in [0, 0.1) is 6.92 Å². The number of benzene rings is 1. The van der Waals surface area contributed by atoms with Crippen molar-refractivity contribution in [1.82, 2.24) is 0 Å². The molecule has 1 heterocycles. The lowest BCUT2D eigenvalue weighted by Gasteiger charge is -2.12. The Morgan fingerprint density at radius 1 is 1.16 bits per heavy atom.